The Labute approximate surface area is 83.4 Å². The molecule has 2 rings (SSSR count). The smallest absolute Gasteiger partial charge is 0.151 e. The average Bonchev–Trinajstić information content (AvgIpc) is 2.67. The van der Waals surface area contributed by atoms with Gasteiger partial charge in [0.15, 0.2) is 5.82 Å². The molecule has 0 bridgehead atoms. The largest absolute Gasteiger partial charge is 0.396 e. The van der Waals surface area contributed by atoms with Crippen LogP contribution in [-0.4, -0.2) is 29.8 Å². The molecule has 14 heavy (non-hydrogen) atoms. The maximum atomic E-state index is 9.02. The molecule has 1 aliphatic heterocycles. The fourth-order valence-electron chi connectivity index (χ4n) is 1.85. The summed E-state index contributed by atoms with van der Waals surface area (Å²) in [6.07, 6.45) is 2.77. The highest BCUT2D eigenvalue weighted by Gasteiger charge is 2.23. The zero-order valence-electron chi connectivity index (χ0n) is 8.06. The topological polar surface area (TPSA) is 62.4 Å². The summed E-state index contributed by atoms with van der Waals surface area (Å²) in [4.78, 5) is 6.38. The molecule has 76 valence electrons. The van der Waals surface area contributed by atoms with Crippen molar-refractivity contribution in [3.05, 3.63) is 18.3 Å². The monoisotopic (exact) mass is 193 g/mol. The van der Waals surface area contributed by atoms with Crippen molar-refractivity contribution in [2.45, 2.75) is 6.42 Å². The molecule has 0 aromatic carbocycles. The Kier molecular flexibility index (Phi) is 2.54. The van der Waals surface area contributed by atoms with Crippen molar-refractivity contribution >= 4 is 11.5 Å². The van der Waals surface area contributed by atoms with E-state index < -0.39 is 0 Å². The molecule has 3 N–H and O–H groups in total. The number of aromatic nitrogens is 1. The summed E-state index contributed by atoms with van der Waals surface area (Å²) in [5.41, 5.74) is 6.53. The Bertz CT molecular complexity index is 316. The summed E-state index contributed by atoms with van der Waals surface area (Å²) in [5.74, 6) is 1.22. The van der Waals surface area contributed by atoms with Crippen molar-refractivity contribution in [2.75, 3.05) is 30.3 Å². The molecule has 1 aliphatic rings. The van der Waals surface area contributed by atoms with Crippen LogP contribution in [0.2, 0.25) is 0 Å². The highest BCUT2D eigenvalue weighted by Crippen LogP contribution is 2.25. The van der Waals surface area contributed by atoms with Crippen LogP contribution in [0.15, 0.2) is 18.3 Å². The first-order valence-corrected chi connectivity index (χ1v) is 4.87. The quantitative estimate of drug-likeness (QED) is 0.717. The number of anilines is 2. The number of nitrogen functional groups attached to an aromatic ring is 1. The molecule has 4 heteroatoms. The van der Waals surface area contributed by atoms with E-state index >= 15 is 0 Å². The number of hydrogen-bond acceptors (Lipinski definition) is 4. The van der Waals surface area contributed by atoms with Gasteiger partial charge in [0.2, 0.25) is 0 Å². The standard InChI is InChI=1S/C10H15N3O/c11-9-2-1-4-12-10(9)13-5-3-8(6-13)7-14/h1-2,4,8,14H,3,5-7,11H2/t8-/m0/s1. The van der Waals surface area contributed by atoms with Crippen LogP contribution in [0.1, 0.15) is 6.42 Å². The molecule has 1 saturated heterocycles. The van der Waals surface area contributed by atoms with E-state index in [0.29, 0.717) is 11.6 Å². The summed E-state index contributed by atoms with van der Waals surface area (Å²) in [5, 5.41) is 9.02. The van der Waals surface area contributed by atoms with E-state index in [-0.39, 0.29) is 6.61 Å². The number of hydrogen-bond donors (Lipinski definition) is 2. The third-order valence-electron chi connectivity index (χ3n) is 2.66. The third-order valence-corrected chi connectivity index (χ3v) is 2.66. The Morgan fingerprint density at radius 2 is 2.50 bits per heavy atom. The van der Waals surface area contributed by atoms with Crippen LogP contribution in [0, 0.1) is 5.92 Å². The van der Waals surface area contributed by atoms with Crippen LogP contribution >= 0.6 is 0 Å². The summed E-state index contributed by atoms with van der Waals surface area (Å²) >= 11 is 0. The fourth-order valence-corrected chi connectivity index (χ4v) is 1.85. The molecule has 2 heterocycles. The SMILES string of the molecule is Nc1cccnc1N1CC[C@H](CO)C1. The van der Waals surface area contributed by atoms with Gasteiger partial charge in [-0.05, 0) is 18.6 Å². The summed E-state index contributed by atoms with van der Waals surface area (Å²) in [6, 6.07) is 3.69. The minimum Gasteiger partial charge on any atom is -0.396 e. The van der Waals surface area contributed by atoms with E-state index in [1.54, 1.807) is 6.20 Å². The lowest BCUT2D eigenvalue weighted by Crippen LogP contribution is -2.22. The van der Waals surface area contributed by atoms with Crippen LogP contribution in [0.3, 0.4) is 0 Å². The van der Waals surface area contributed by atoms with E-state index in [0.717, 1.165) is 25.3 Å². The number of nitrogens with two attached hydrogens (primary N) is 1. The second-order valence-electron chi connectivity index (χ2n) is 3.70. The predicted octanol–water partition coefficient (Wildman–Crippen LogP) is 0.482. The molecule has 1 aromatic heterocycles. The van der Waals surface area contributed by atoms with Gasteiger partial charge in [-0.15, -0.1) is 0 Å². The minimum absolute atomic E-state index is 0.253. The van der Waals surface area contributed by atoms with Gasteiger partial charge in [-0.3, -0.25) is 0 Å². The number of aliphatic hydroxyl groups is 1. The van der Waals surface area contributed by atoms with Crippen LogP contribution in [-0.2, 0) is 0 Å². The number of nitrogens with zero attached hydrogens (tertiary/aromatic N) is 2. The molecule has 4 nitrogen and oxygen atoms in total. The lowest BCUT2D eigenvalue weighted by atomic mass is 10.1. The van der Waals surface area contributed by atoms with E-state index in [2.05, 4.69) is 9.88 Å². The molecule has 0 amide bonds. The molecular weight excluding hydrogens is 178 g/mol. The molecular formula is C10H15N3O. The first-order chi connectivity index (χ1) is 6.81. The minimum atomic E-state index is 0.253. The fraction of sp³-hybridized carbons (Fsp3) is 0.500. The molecule has 0 spiro atoms. The molecule has 0 saturated carbocycles. The first kappa shape index (κ1) is 9.27. The van der Waals surface area contributed by atoms with Crippen molar-refractivity contribution in [1.82, 2.24) is 4.98 Å². The summed E-state index contributed by atoms with van der Waals surface area (Å²) in [7, 11) is 0. The van der Waals surface area contributed by atoms with Crippen LogP contribution in [0.25, 0.3) is 0 Å². The highest BCUT2D eigenvalue weighted by molar-refractivity contribution is 5.62. The predicted molar refractivity (Wildman–Crippen MR) is 56.1 cm³/mol. The highest BCUT2D eigenvalue weighted by atomic mass is 16.3. The van der Waals surface area contributed by atoms with E-state index in [9.17, 15) is 0 Å². The van der Waals surface area contributed by atoms with Crippen LogP contribution in [0.4, 0.5) is 11.5 Å². The van der Waals surface area contributed by atoms with Crippen LogP contribution in [0.5, 0.6) is 0 Å². The van der Waals surface area contributed by atoms with Gasteiger partial charge in [0.05, 0.1) is 5.69 Å². The molecule has 0 unspecified atom stereocenters. The Morgan fingerprint density at radius 3 is 3.14 bits per heavy atom. The number of pyridine rings is 1. The summed E-state index contributed by atoms with van der Waals surface area (Å²) in [6.45, 7) is 2.05. The van der Waals surface area contributed by atoms with Crippen molar-refractivity contribution in [2.24, 2.45) is 5.92 Å². The Balaban J connectivity index is 2.13. The second kappa shape index (κ2) is 3.84. The Morgan fingerprint density at radius 1 is 1.64 bits per heavy atom. The van der Waals surface area contributed by atoms with E-state index in [1.807, 2.05) is 12.1 Å². The third kappa shape index (κ3) is 1.65. The van der Waals surface area contributed by atoms with Gasteiger partial charge in [0.1, 0.15) is 0 Å². The molecule has 1 aromatic rings. The van der Waals surface area contributed by atoms with Crippen molar-refractivity contribution in [3.8, 4) is 0 Å². The molecule has 1 atom stereocenters. The van der Waals surface area contributed by atoms with E-state index in [1.165, 1.54) is 0 Å². The number of rotatable bonds is 2. The Hall–Kier alpha value is -1.29. The first-order valence-electron chi connectivity index (χ1n) is 4.87. The van der Waals surface area contributed by atoms with Crippen molar-refractivity contribution < 1.29 is 5.11 Å². The van der Waals surface area contributed by atoms with Gasteiger partial charge < -0.3 is 15.7 Å². The van der Waals surface area contributed by atoms with Gasteiger partial charge in [-0.25, -0.2) is 4.98 Å². The maximum absolute atomic E-state index is 9.02. The van der Waals surface area contributed by atoms with Gasteiger partial charge in [-0.2, -0.15) is 0 Å². The number of aliphatic hydroxyl groups excluding tert-OH is 1. The summed E-state index contributed by atoms with van der Waals surface area (Å²) < 4.78 is 0. The van der Waals surface area contributed by atoms with Crippen molar-refractivity contribution in [3.63, 3.8) is 0 Å². The average molecular weight is 193 g/mol. The van der Waals surface area contributed by atoms with Crippen LogP contribution < -0.4 is 10.6 Å². The molecule has 0 aliphatic carbocycles. The van der Waals surface area contributed by atoms with E-state index in [4.69, 9.17) is 10.8 Å². The zero-order chi connectivity index (χ0) is 9.97. The lowest BCUT2D eigenvalue weighted by Gasteiger charge is -2.18. The lowest BCUT2D eigenvalue weighted by molar-refractivity contribution is 0.238. The maximum Gasteiger partial charge on any atom is 0.151 e. The van der Waals surface area contributed by atoms with Gasteiger partial charge in [0.25, 0.3) is 0 Å². The van der Waals surface area contributed by atoms with Gasteiger partial charge in [0, 0.05) is 31.8 Å². The van der Waals surface area contributed by atoms with Gasteiger partial charge in [-0.1, -0.05) is 0 Å². The normalized spacial score (nSPS) is 21.5. The molecule has 0 radical (unpaired) electrons. The van der Waals surface area contributed by atoms with Gasteiger partial charge >= 0.3 is 0 Å². The zero-order valence-corrected chi connectivity index (χ0v) is 8.06. The van der Waals surface area contributed by atoms with Crippen molar-refractivity contribution in [1.29, 1.82) is 0 Å². The molecule has 1 fully saturated rings. The second-order valence-corrected chi connectivity index (χ2v) is 3.70.